The Morgan fingerprint density at radius 3 is 3.00 bits per heavy atom. The third-order valence-electron chi connectivity index (χ3n) is 3.93. The van der Waals surface area contributed by atoms with Crippen LogP contribution in [0.3, 0.4) is 0 Å². The average molecular weight is 262 g/mol. The van der Waals surface area contributed by atoms with Gasteiger partial charge in [0.25, 0.3) is 5.91 Å². The van der Waals surface area contributed by atoms with E-state index in [9.17, 15) is 9.90 Å². The van der Waals surface area contributed by atoms with Gasteiger partial charge < -0.3 is 16.2 Å². The monoisotopic (exact) mass is 262 g/mol. The van der Waals surface area contributed by atoms with E-state index < -0.39 is 0 Å². The van der Waals surface area contributed by atoms with E-state index >= 15 is 0 Å². The van der Waals surface area contributed by atoms with Gasteiger partial charge in [0, 0.05) is 17.8 Å². The number of rotatable bonds is 3. The predicted molar refractivity (Wildman–Crippen MR) is 75.9 cm³/mol. The largest absolute Gasteiger partial charge is 0.398 e. The van der Waals surface area contributed by atoms with Crippen LogP contribution in [0.5, 0.6) is 0 Å². The van der Waals surface area contributed by atoms with Gasteiger partial charge >= 0.3 is 0 Å². The van der Waals surface area contributed by atoms with Crippen molar-refractivity contribution in [2.24, 2.45) is 5.92 Å². The molecule has 104 valence electrons. The van der Waals surface area contributed by atoms with Crippen LogP contribution in [0.4, 0.5) is 5.69 Å². The second kappa shape index (κ2) is 6.06. The maximum absolute atomic E-state index is 12.1. The molecule has 1 amide bonds. The Morgan fingerprint density at radius 2 is 2.26 bits per heavy atom. The van der Waals surface area contributed by atoms with E-state index in [1.54, 1.807) is 18.2 Å². The zero-order valence-corrected chi connectivity index (χ0v) is 11.4. The Balaban J connectivity index is 1.92. The normalized spacial score (nSPS) is 23.1. The number of benzene rings is 1. The van der Waals surface area contributed by atoms with Gasteiger partial charge in [-0.3, -0.25) is 4.79 Å². The number of nitrogens with two attached hydrogens (primary N) is 1. The highest BCUT2D eigenvalue weighted by Gasteiger charge is 2.21. The van der Waals surface area contributed by atoms with Crippen molar-refractivity contribution in [2.45, 2.75) is 38.7 Å². The molecule has 0 spiro atoms. The third kappa shape index (κ3) is 3.47. The molecule has 1 aromatic carbocycles. The Hall–Kier alpha value is -1.55. The van der Waals surface area contributed by atoms with Crippen molar-refractivity contribution >= 4 is 11.6 Å². The molecule has 2 rings (SSSR count). The lowest BCUT2D eigenvalue weighted by molar-refractivity contribution is 0.0873. The molecule has 1 aromatic rings. The van der Waals surface area contributed by atoms with E-state index in [1.165, 1.54) is 0 Å². The number of nitrogen functional groups attached to an aromatic ring is 1. The Kier molecular flexibility index (Phi) is 4.43. The van der Waals surface area contributed by atoms with Crippen molar-refractivity contribution in [3.05, 3.63) is 29.3 Å². The second-order valence-electron chi connectivity index (χ2n) is 5.42. The van der Waals surface area contributed by atoms with Gasteiger partial charge in [-0.15, -0.1) is 0 Å². The summed E-state index contributed by atoms with van der Waals surface area (Å²) in [6.45, 7) is 2.48. The molecule has 4 nitrogen and oxygen atoms in total. The molecule has 0 heterocycles. The van der Waals surface area contributed by atoms with E-state index in [0.29, 0.717) is 23.7 Å². The number of aliphatic hydroxyl groups excluding tert-OH is 1. The summed E-state index contributed by atoms with van der Waals surface area (Å²) in [6.07, 6.45) is 3.59. The van der Waals surface area contributed by atoms with Crippen LogP contribution < -0.4 is 11.1 Å². The summed E-state index contributed by atoms with van der Waals surface area (Å²) in [5.74, 6) is 0.305. The first-order chi connectivity index (χ1) is 9.08. The van der Waals surface area contributed by atoms with E-state index in [1.807, 2.05) is 6.92 Å². The number of anilines is 1. The molecule has 0 aromatic heterocycles. The molecule has 19 heavy (non-hydrogen) atoms. The van der Waals surface area contributed by atoms with Crippen molar-refractivity contribution in [1.82, 2.24) is 5.32 Å². The summed E-state index contributed by atoms with van der Waals surface area (Å²) < 4.78 is 0. The summed E-state index contributed by atoms with van der Waals surface area (Å²) in [7, 11) is 0. The first kappa shape index (κ1) is 13.9. The molecule has 2 atom stereocenters. The summed E-state index contributed by atoms with van der Waals surface area (Å²) in [5, 5.41) is 12.6. The molecule has 1 saturated carbocycles. The lowest BCUT2D eigenvalue weighted by Gasteiger charge is -2.26. The molecule has 0 aliphatic heterocycles. The highest BCUT2D eigenvalue weighted by Crippen LogP contribution is 2.23. The maximum Gasteiger partial charge on any atom is 0.251 e. The minimum absolute atomic E-state index is 0.0788. The molecule has 0 saturated heterocycles. The fourth-order valence-corrected chi connectivity index (χ4v) is 2.68. The molecule has 4 heteroatoms. The second-order valence-corrected chi connectivity index (χ2v) is 5.42. The summed E-state index contributed by atoms with van der Waals surface area (Å²) in [6, 6.07) is 5.38. The van der Waals surface area contributed by atoms with Gasteiger partial charge in [-0.2, -0.15) is 0 Å². The summed E-state index contributed by atoms with van der Waals surface area (Å²) in [5.41, 5.74) is 7.90. The Bertz CT molecular complexity index is 459. The van der Waals surface area contributed by atoms with Gasteiger partial charge in [-0.05, 0) is 49.8 Å². The molecule has 1 aliphatic rings. The maximum atomic E-state index is 12.1. The molecule has 1 aliphatic carbocycles. The first-order valence-electron chi connectivity index (χ1n) is 6.89. The van der Waals surface area contributed by atoms with Crippen molar-refractivity contribution in [2.75, 3.05) is 12.3 Å². The number of nitrogens with one attached hydrogen (secondary N) is 1. The van der Waals surface area contributed by atoms with Gasteiger partial charge in [0.2, 0.25) is 0 Å². The minimum Gasteiger partial charge on any atom is -0.398 e. The van der Waals surface area contributed by atoms with Crippen LogP contribution in [0, 0.1) is 12.8 Å². The fourth-order valence-electron chi connectivity index (χ4n) is 2.68. The molecule has 2 unspecified atom stereocenters. The van der Waals surface area contributed by atoms with Gasteiger partial charge in [0.1, 0.15) is 0 Å². The Labute approximate surface area is 114 Å². The topological polar surface area (TPSA) is 75.4 Å². The number of amides is 1. The Morgan fingerprint density at radius 1 is 1.47 bits per heavy atom. The number of hydrogen-bond acceptors (Lipinski definition) is 3. The SMILES string of the molecule is Cc1c(N)cccc1C(=O)NCC1CCCC(O)C1. The van der Waals surface area contributed by atoms with Crippen molar-refractivity contribution in [3.63, 3.8) is 0 Å². The zero-order chi connectivity index (χ0) is 13.8. The van der Waals surface area contributed by atoms with Gasteiger partial charge in [0.15, 0.2) is 0 Å². The molecular formula is C15H22N2O2. The number of carbonyl (C=O) groups is 1. The van der Waals surface area contributed by atoms with Gasteiger partial charge in [-0.25, -0.2) is 0 Å². The van der Waals surface area contributed by atoms with Gasteiger partial charge in [0.05, 0.1) is 6.10 Å². The van der Waals surface area contributed by atoms with Crippen LogP contribution in [0.2, 0.25) is 0 Å². The molecule has 1 fully saturated rings. The van der Waals surface area contributed by atoms with E-state index in [-0.39, 0.29) is 12.0 Å². The minimum atomic E-state index is -0.204. The predicted octanol–water partition coefficient (Wildman–Crippen LogP) is 1.86. The number of carbonyl (C=O) groups excluding carboxylic acids is 1. The lowest BCUT2D eigenvalue weighted by atomic mass is 9.87. The molecule has 0 bridgehead atoms. The van der Waals surface area contributed by atoms with Crippen molar-refractivity contribution < 1.29 is 9.90 Å². The van der Waals surface area contributed by atoms with Crippen LogP contribution in [-0.2, 0) is 0 Å². The fraction of sp³-hybridized carbons (Fsp3) is 0.533. The summed E-state index contributed by atoms with van der Waals surface area (Å²) in [4.78, 5) is 12.1. The lowest BCUT2D eigenvalue weighted by Crippen LogP contribution is -2.33. The standard InChI is InChI=1S/C15H22N2O2/c1-10-13(6-3-7-14(10)16)15(19)17-9-11-4-2-5-12(18)8-11/h3,6-7,11-12,18H,2,4-5,8-9,16H2,1H3,(H,17,19). The van der Waals surface area contributed by atoms with Crippen LogP contribution in [0.25, 0.3) is 0 Å². The van der Waals surface area contributed by atoms with Crippen LogP contribution in [0.15, 0.2) is 18.2 Å². The first-order valence-corrected chi connectivity index (χ1v) is 6.89. The molecule has 0 radical (unpaired) electrons. The average Bonchev–Trinajstić information content (AvgIpc) is 2.39. The van der Waals surface area contributed by atoms with E-state index in [4.69, 9.17) is 5.73 Å². The third-order valence-corrected chi connectivity index (χ3v) is 3.93. The van der Waals surface area contributed by atoms with Gasteiger partial charge in [-0.1, -0.05) is 12.5 Å². The summed E-state index contributed by atoms with van der Waals surface area (Å²) >= 11 is 0. The number of aliphatic hydroxyl groups is 1. The van der Waals surface area contributed by atoms with Crippen LogP contribution in [-0.4, -0.2) is 23.7 Å². The highest BCUT2D eigenvalue weighted by atomic mass is 16.3. The smallest absolute Gasteiger partial charge is 0.251 e. The van der Waals surface area contributed by atoms with E-state index in [0.717, 1.165) is 31.2 Å². The van der Waals surface area contributed by atoms with Crippen LogP contribution in [0.1, 0.15) is 41.6 Å². The zero-order valence-electron chi connectivity index (χ0n) is 11.4. The van der Waals surface area contributed by atoms with Crippen LogP contribution >= 0.6 is 0 Å². The quantitative estimate of drug-likeness (QED) is 0.728. The van der Waals surface area contributed by atoms with E-state index in [2.05, 4.69) is 5.32 Å². The number of hydrogen-bond donors (Lipinski definition) is 3. The van der Waals surface area contributed by atoms with Crippen molar-refractivity contribution in [3.8, 4) is 0 Å². The van der Waals surface area contributed by atoms with Crippen molar-refractivity contribution in [1.29, 1.82) is 0 Å². The highest BCUT2D eigenvalue weighted by molar-refractivity contribution is 5.96. The molecular weight excluding hydrogens is 240 g/mol. The molecule has 4 N–H and O–H groups in total.